The average Bonchev–Trinajstić information content (AvgIpc) is 2.19. The summed E-state index contributed by atoms with van der Waals surface area (Å²) < 4.78 is 5.72. The van der Waals surface area contributed by atoms with E-state index in [2.05, 4.69) is 21.2 Å². The van der Waals surface area contributed by atoms with E-state index >= 15 is 0 Å². The van der Waals surface area contributed by atoms with Gasteiger partial charge in [-0.15, -0.1) is 0 Å². The highest BCUT2D eigenvalue weighted by molar-refractivity contribution is 9.10. The van der Waals surface area contributed by atoms with Gasteiger partial charge in [-0.2, -0.15) is 0 Å². The molecule has 0 saturated heterocycles. The van der Waals surface area contributed by atoms with Gasteiger partial charge in [0, 0.05) is 11.6 Å². The largest absolute Gasteiger partial charge is 0.384 e. The fourth-order valence-corrected chi connectivity index (χ4v) is 1.72. The van der Waals surface area contributed by atoms with Gasteiger partial charge in [-0.3, -0.25) is 4.79 Å². The Morgan fingerprint density at radius 3 is 2.87 bits per heavy atom. The lowest BCUT2D eigenvalue weighted by molar-refractivity contribution is -0.117. The first-order valence-corrected chi connectivity index (χ1v) is 5.47. The highest BCUT2D eigenvalue weighted by Gasteiger charge is 2.04. The molecule has 0 aromatic heterocycles. The number of halogens is 1. The van der Waals surface area contributed by atoms with E-state index in [0.717, 1.165) is 15.7 Å². The van der Waals surface area contributed by atoms with Crippen LogP contribution in [-0.2, 0) is 9.53 Å². The Kier molecular flexibility index (Phi) is 4.78. The molecule has 1 aromatic rings. The van der Waals surface area contributed by atoms with E-state index < -0.39 is 0 Å². The number of hydrogen-bond acceptors (Lipinski definition) is 2. The van der Waals surface area contributed by atoms with Crippen LogP contribution in [0.1, 0.15) is 12.0 Å². The molecule has 0 heterocycles. The molecule has 1 rings (SSSR count). The number of ether oxygens (including phenoxy) is 1. The molecule has 3 nitrogen and oxygen atoms in total. The van der Waals surface area contributed by atoms with Crippen LogP contribution in [0.3, 0.4) is 0 Å². The first kappa shape index (κ1) is 12.2. The lowest BCUT2D eigenvalue weighted by Gasteiger charge is -2.07. The second kappa shape index (κ2) is 5.88. The van der Waals surface area contributed by atoms with E-state index in [4.69, 9.17) is 4.74 Å². The molecule has 0 aliphatic heterocycles. The van der Waals surface area contributed by atoms with Crippen molar-refractivity contribution in [1.29, 1.82) is 0 Å². The Labute approximate surface area is 97.9 Å². The average molecular weight is 272 g/mol. The van der Waals surface area contributed by atoms with Crippen molar-refractivity contribution in [3.8, 4) is 0 Å². The number of methoxy groups -OCH3 is 1. The van der Waals surface area contributed by atoms with Gasteiger partial charge in [0.05, 0.1) is 18.7 Å². The Morgan fingerprint density at radius 2 is 2.27 bits per heavy atom. The molecular weight excluding hydrogens is 258 g/mol. The van der Waals surface area contributed by atoms with Crippen molar-refractivity contribution < 1.29 is 9.53 Å². The maximum atomic E-state index is 11.4. The van der Waals surface area contributed by atoms with Gasteiger partial charge in [0.1, 0.15) is 0 Å². The van der Waals surface area contributed by atoms with Gasteiger partial charge in [0.15, 0.2) is 0 Å². The van der Waals surface area contributed by atoms with Crippen molar-refractivity contribution in [2.45, 2.75) is 13.3 Å². The molecular formula is C11H14BrNO2. The van der Waals surface area contributed by atoms with Crippen molar-refractivity contribution in [3.63, 3.8) is 0 Å². The highest BCUT2D eigenvalue weighted by Crippen LogP contribution is 2.23. The van der Waals surface area contributed by atoms with Crippen molar-refractivity contribution >= 4 is 27.5 Å². The van der Waals surface area contributed by atoms with E-state index in [9.17, 15) is 4.79 Å². The second-order valence-corrected chi connectivity index (χ2v) is 4.13. The highest BCUT2D eigenvalue weighted by atomic mass is 79.9. The molecule has 0 unspecified atom stereocenters. The van der Waals surface area contributed by atoms with Gasteiger partial charge >= 0.3 is 0 Å². The number of carbonyl (C=O) groups excluding carboxylic acids is 1. The third-order valence-corrected chi connectivity index (χ3v) is 2.59. The number of nitrogens with one attached hydrogen (secondary N) is 1. The van der Waals surface area contributed by atoms with Crippen LogP contribution in [0.4, 0.5) is 5.69 Å². The Balaban J connectivity index is 2.60. The van der Waals surface area contributed by atoms with Crippen molar-refractivity contribution in [3.05, 3.63) is 28.2 Å². The first-order chi connectivity index (χ1) is 7.13. The summed E-state index contributed by atoms with van der Waals surface area (Å²) in [7, 11) is 1.58. The maximum absolute atomic E-state index is 11.4. The van der Waals surface area contributed by atoms with E-state index in [1.54, 1.807) is 7.11 Å². The van der Waals surface area contributed by atoms with Crippen molar-refractivity contribution in [1.82, 2.24) is 0 Å². The zero-order valence-corrected chi connectivity index (χ0v) is 10.4. The number of carbonyl (C=O) groups is 1. The molecule has 0 spiro atoms. The predicted octanol–water partition coefficient (Wildman–Crippen LogP) is 2.73. The summed E-state index contributed by atoms with van der Waals surface area (Å²) >= 11 is 3.40. The molecule has 1 aromatic carbocycles. The smallest absolute Gasteiger partial charge is 0.226 e. The van der Waals surface area contributed by atoms with Crippen LogP contribution in [0.2, 0.25) is 0 Å². The van der Waals surface area contributed by atoms with Crippen molar-refractivity contribution in [2.24, 2.45) is 0 Å². The first-order valence-electron chi connectivity index (χ1n) is 4.68. The van der Waals surface area contributed by atoms with Gasteiger partial charge in [0.25, 0.3) is 0 Å². The molecule has 0 bridgehead atoms. The summed E-state index contributed by atoms with van der Waals surface area (Å²) in [6.45, 7) is 2.44. The zero-order valence-electron chi connectivity index (χ0n) is 8.84. The van der Waals surface area contributed by atoms with E-state index in [-0.39, 0.29) is 5.91 Å². The lowest BCUT2D eigenvalue weighted by atomic mass is 10.2. The fourth-order valence-electron chi connectivity index (χ4n) is 1.13. The maximum Gasteiger partial charge on any atom is 0.226 e. The molecule has 0 saturated carbocycles. The monoisotopic (exact) mass is 271 g/mol. The van der Waals surface area contributed by atoms with E-state index in [1.165, 1.54) is 0 Å². The summed E-state index contributed by atoms with van der Waals surface area (Å²) in [5.41, 5.74) is 1.94. The normalized spacial score (nSPS) is 10.1. The summed E-state index contributed by atoms with van der Waals surface area (Å²) in [5, 5.41) is 2.81. The van der Waals surface area contributed by atoms with Crippen molar-refractivity contribution in [2.75, 3.05) is 19.0 Å². The molecule has 0 aliphatic carbocycles. The third-order valence-electron chi connectivity index (χ3n) is 1.93. The number of benzene rings is 1. The minimum atomic E-state index is -0.0404. The lowest BCUT2D eigenvalue weighted by Crippen LogP contribution is -2.13. The molecule has 1 amide bonds. The SMILES string of the molecule is COCCC(=O)Nc1ccc(C)cc1Br. The quantitative estimate of drug-likeness (QED) is 0.915. The number of anilines is 1. The van der Waals surface area contributed by atoms with Gasteiger partial charge in [-0.25, -0.2) is 0 Å². The number of rotatable bonds is 4. The van der Waals surface area contributed by atoms with Gasteiger partial charge in [0.2, 0.25) is 5.91 Å². The standard InChI is InChI=1S/C11H14BrNO2/c1-8-3-4-10(9(12)7-8)13-11(14)5-6-15-2/h3-4,7H,5-6H2,1-2H3,(H,13,14). The number of amides is 1. The zero-order chi connectivity index (χ0) is 11.3. The Hall–Kier alpha value is -0.870. The Bertz CT molecular complexity index is 352. The summed E-state index contributed by atoms with van der Waals surface area (Å²) in [6, 6.07) is 5.80. The molecule has 4 heteroatoms. The molecule has 0 atom stereocenters. The van der Waals surface area contributed by atoms with Crippen LogP contribution in [-0.4, -0.2) is 19.6 Å². The predicted molar refractivity (Wildman–Crippen MR) is 64.0 cm³/mol. The van der Waals surface area contributed by atoms with Gasteiger partial charge < -0.3 is 10.1 Å². The van der Waals surface area contributed by atoms with Crippen LogP contribution in [0.5, 0.6) is 0 Å². The third kappa shape index (κ3) is 4.01. The van der Waals surface area contributed by atoms with Crippen LogP contribution < -0.4 is 5.32 Å². The van der Waals surface area contributed by atoms with E-state index in [0.29, 0.717) is 13.0 Å². The van der Waals surface area contributed by atoms with Crippen LogP contribution in [0.15, 0.2) is 22.7 Å². The van der Waals surface area contributed by atoms with Gasteiger partial charge in [-0.1, -0.05) is 6.07 Å². The molecule has 0 aliphatic rings. The van der Waals surface area contributed by atoms with Gasteiger partial charge in [-0.05, 0) is 40.5 Å². The van der Waals surface area contributed by atoms with Crippen LogP contribution in [0, 0.1) is 6.92 Å². The topological polar surface area (TPSA) is 38.3 Å². The Morgan fingerprint density at radius 1 is 1.53 bits per heavy atom. The molecule has 0 radical (unpaired) electrons. The van der Waals surface area contributed by atoms with Crippen LogP contribution in [0.25, 0.3) is 0 Å². The molecule has 82 valence electrons. The summed E-state index contributed by atoms with van der Waals surface area (Å²) in [5.74, 6) is -0.0404. The minimum absolute atomic E-state index is 0.0404. The van der Waals surface area contributed by atoms with E-state index in [1.807, 2.05) is 25.1 Å². The summed E-state index contributed by atoms with van der Waals surface area (Å²) in [6.07, 6.45) is 0.372. The molecule has 0 fully saturated rings. The fraction of sp³-hybridized carbons (Fsp3) is 0.364. The number of hydrogen-bond donors (Lipinski definition) is 1. The number of aryl methyl sites for hydroxylation is 1. The van der Waals surface area contributed by atoms with Crippen LogP contribution >= 0.6 is 15.9 Å². The molecule has 15 heavy (non-hydrogen) atoms. The minimum Gasteiger partial charge on any atom is -0.384 e. The summed E-state index contributed by atoms with van der Waals surface area (Å²) in [4.78, 5) is 11.4. The molecule has 1 N–H and O–H groups in total. The second-order valence-electron chi connectivity index (χ2n) is 3.27.